The number of carbonyl (C=O) groups excluding carboxylic acids is 1. The molecule has 0 saturated carbocycles. The van der Waals surface area contributed by atoms with E-state index < -0.39 is 0 Å². The van der Waals surface area contributed by atoms with Crippen molar-refractivity contribution in [1.82, 2.24) is 0 Å². The quantitative estimate of drug-likeness (QED) is 0.854. The van der Waals surface area contributed by atoms with Gasteiger partial charge in [0.15, 0.2) is 0 Å². The van der Waals surface area contributed by atoms with Crippen molar-refractivity contribution in [2.75, 3.05) is 38.3 Å². The number of benzene rings is 1. The van der Waals surface area contributed by atoms with Crippen LogP contribution >= 0.6 is 0 Å². The number of amides is 1. The van der Waals surface area contributed by atoms with Gasteiger partial charge in [0.1, 0.15) is 5.75 Å². The monoisotopic (exact) mass is 278 g/mol. The fraction of sp³-hybridized carbons (Fsp3) is 0.533. The molecule has 1 aromatic carbocycles. The molecule has 0 bridgehead atoms. The largest absolute Gasteiger partial charge is 0.497 e. The molecule has 5 heteroatoms. The summed E-state index contributed by atoms with van der Waals surface area (Å²) in [6, 6.07) is 7.54. The summed E-state index contributed by atoms with van der Waals surface area (Å²) in [6.07, 6.45) is 1.58. The molecule has 0 radical (unpaired) electrons. The Kier molecular flexibility index (Phi) is 5.38. The molecule has 1 fully saturated rings. The van der Waals surface area contributed by atoms with E-state index >= 15 is 0 Å². The Hall–Kier alpha value is -1.59. The molecular formula is C15H22N2O3. The third-order valence-electron chi connectivity index (χ3n) is 3.51. The van der Waals surface area contributed by atoms with Gasteiger partial charge in [0.25, 0.3) is 0 Å². The molecule has 1 atom stereocenters. The number of rotatable bonds is 6. The molecule has 1 aromatic rings. The van der Waals surface area contributed by atoms with Crippen molar-refractivity contribution in [1.29, 1.82) is 0 Å². The van der Waals surface area contributed by atoms with Crippen LogP contribution in [0.25, 0.3) is 0 Å². The summed E-state index contributed by atoms with van der Waals surface area (Å²) in [6.45, 7) is 2.40. The lowest BCUT2D eigenvalue weighted by atomic mass is 10.1. The fourth-order valence-corrected chi connectivity index (χ4v) is 2.33. The van der Waals surface area contributed by atoms with Crippen LogP contribution in [0.4, 0.5) is 5.69 Å². The second kappa shape index (κ2) is 7.26. The number of nitrogens with two attached hydrogens (primary N) is 1. The first-order valence-electron chi connectivity index (χ1n) is 6.99. The van der Waals surface area contributed by atoms with Crippen LogP contribution in [0.3, 0.4) is 0 Å². The van der Waals surface area contributed by atoms with Crippen LogP contribution in [0.1, 0.15) is 12.8 Å². The lowest BCUT2D eigenvalue weighted by molar-refractivity contribution is -0.122. The van der Waals surface area contributed by atoms with Gasteiger partial charge in [-0.15, -0.1) is 0 Å². The summed E-state index contributed by atoms with van der Waals surface area (Å²) in [4.78, 5) is 14.4. The topological polar surface area (TPSA) is 64.8 Å². The van der Waals surface area contributed by atoms with Crippen molar-refractivity contribution in [3.8, 4) is 5.75 Å². The van der Waals surface area contributed by atoms with E-state index in [1.807, 2.05) is 29.2 Å². The van der Waals surface area contributed by atoms with Crippen LogP contribution in [0.2, 0.25) is 0 Å². The molecule has 1 amide bonds. The highest BCUT2D eigenvalue weighted by molar-refractivity contribution is 5.95. The first-order valence-corrected chi connectivity index (χ1v) is 6.99. The average Bonchev–Trinajstić information content (AvgIpc) is 3.02. The summed E-state index contributed by atoms with van der Waals surface area (Å²) < 4.78 is 10.5. The van der Waals surface area contributed by atoms with E-state index in [-0.39, 0.29) is 11.8 Å². The van der Waals surface area contributed by atoms with Crippen LogP contribution in [-0.2, 0) is 9.53 Å². The lowest BCUT2D eigenvalue weighted by Gasteiger charge is -2.25. The van der Waals surface area contributed by atoms with E-state index in [1.54, 1.807) is 7.11 Å². The molecule has 0 aliphatic carbocycles. The zero-order valence-electron chi connectivity index (χ0n) is 11.9. The van der Waals surface area contributed by atoms with Crippen molar-refractivity contribution in [2.45, 2.75) is 12.8 Å². The van der Waals surface area contributed by atoms with E-state index in [2.05, 4.69) is 0 Å². The highest BCUT2D eigenvalue weighted by atomic mass is 16.5. The Bertz CT molecular complexity index is 427. The summed E-state index contributed by atoms with van der Waals surface area (Å²) in [5, 5.41) is 0. The van der Waals surface area contributed by atoms with E-state index in [0.717, 1.165) is 24.3 Å². The van der Waals surface area contributed by atoms with Gasteiger partial charge >= 0.3 is 0 Å². The maximum Gasteiger partial charge on any atom is 0.232 e. The first-order chi connectivity index (χ1) is 9.76. The Balaban J connectivity index is 2.14. The predicted molar refractivity (Wildman–Crippen MR) is 77.9 cm³/mol. The number of ether oxygens (including phenoxy) is 2. The standard InChI is InChI=1S/C15H22N2O3/c1-19-14-5-3-13(4-6-14)17(9-2-8-16)15(18)12-7-10-20-11-12/h3-6,12H,2,7-11,16H2,1H3. The predicted octanol–water partition coefficient (Wildman–Crippen LogP) is 1.41. The molecule has 2 rings (SSSR count). The van der Waals surface area contributed by atoms with Gasteiger partial charge < -0.3 is 20.1 Å². The third kappa shape index (κ3) is 3.49. The minimum Gasteiger partial charge on any atom is -0.497 e. The maximum absolute atomic E-state index is 12.6. The number of methoxy groups -OCH3 is 1. The van der Waals surface area contributed by atoms with E-state index in [9.17, 15) is 4.79 Å². The summed E-state index contributed by atoms with van der Waals surface area (Å²) >= 11 is 0. The maximum atomic E-state index is 12.6. The SMILES string of the molecule is COc1ccc(N(CCCN)C(=O)C2CCOC2)cc1. The zero-order chi connectivity index (χ0) is 14.4. The van der Waals surface area contributed by atoms with Crippen LogP contribution in [-0.4, -0.2) is 39.3 Å². The number of carbonyl (C=O) groups is 1. The summed E-state index contributed by atoms with van der Waals surface area (Å²) in [5.41, 5.74) is 6.46. The molecule has 1 aliphatic rings. The van der Waals surface area contributed by atoms with Gasteiger partial charge in [0.05, 0.1) is 19.6 Å². The first kappa shape index (κ1) is 14.8. The van der Waals surface area contributed by atoms with Crippen molar-refractivity contribution < 1.29 is 14.3 Å². The molecular weight excluding hydrogens is 256 g/mol. The molecule has 110 valence electrons. The molecule has 0 aromatic heterocycles. The number of anilines is 1. The summed E-state index contributed by atoms with van der Waals surface area (Å²) in [7, 11) is 1.63. The van der Waals surface area contributed by atoms with Crippen LogP contribution in [0, 0.1) is 5.92 Å². The normalized spacial score (nSPS) is 18.0. The Morgan fingerprint density at radius 1 is 1.45 bits per heavy atom. The Labute approximate surface area is 119 Å². The average molecular weight is 278 g/mol. The van der Waals surface area contributed by atoms with Gasteiger partial charge in [0, 0.05) is 18.8 Å². The lowest BCUT2D eigenvalue weighted by Crippen LogP contribution is -2.38. The van der Waals surface area contributed by atoms with Crippen molar-refractivity contribution in [3.63, 3.8) is 0 Å². The number of hydrogen-bond donors (Lipinski definition) is 1. The zero-order valence-corrected chi connectivity index (χ0v) is 11.9. The summed E-state index contributed by atoms with van der Waals surface area (Å²) in [5.74, 6) is 0.875. The molecule has 1 unspecified atom stereocenters. The van der Waals surface area contributed by atoms with Gasteiger partial charge in [-0.05, 0) is 43.7 Å². The third-order valence-corrected chi connectivity index (χ3v) is 3.51. The van der Waals surface area contributed by atoms with Crippen molar-refractivity contribution in [3.05, 3.63) is 24.3 Å². The second-order valence-corrected chi connectivity index (χ2v) is 4.89. The van der Waals surface area contributed by atoms with Gasteiger partial charge in [-0.2, -0.15) is 0 Å². The fourth-order valence-electron chi connectivity index (χ4n) is 2.33. The second-order valence-electron chi connectivity index (χ2n) is 4.89. The van der Waals surface area contributed by atoms with Crippen LogP contribution in [0.15, 0.2) is 24.3 Å². The van der Waals surface area contributed by atoms with Crippen LogP contribution in [0.5, 0.6) is 5.75 Å². The molecule has 1 aliphatic heterocycles. The molecule has 20 heavy (non-hydrogen) atoms. The Morgan fingerprint density at radius 3 is 2.75 bits per heavy atom. The van der Waals surface area contributed by atoms with Crippen LogP contribution < -0.4 is 15.4 Å². The molecule has 2 N–H and O–H groups in total. The van der Waals surface area contributed by atoms with Crippen molar-refractivity contribution in [2.24, 2.45) is 11.7 Å². The molecule has 1 heterocycles. The molecule has 5 nitrogen and oxygen atoms in total. The molecule has 0 spiro atoms. The van der Waals surface area contributed by atoms with Gasteiger partial charge in [-0.25, -0.2) is 0 Å². The van der Waals surface area contributed by atoms with E-state index in [1.165, 1.54) is 0 Å². The minimum absolute atomic E-state index is 0.0325. The van der Waals surface area contributed by atoms with Gasteiger partial charge in [-0.3, -0.25) is 4.79 Å². The van der Waals surface area contributed by atoms with E-state index in [0.29, 0.717) is 26.3 Å². The smallest absolute Gasteiger partial charge is 0.232 e. The molecule has 1 saturated heterocycles. The Morgan fingerprint density at radius 2 is 2.20 bits per heavy atom. The van der Waals surface area contributed by atoms with Gasteiger partial charge in [0.2, 0.25) is 5.91 Å². The van der Waals surface area contributed by atoms with E-state index in [4.69, 9.17) is 15.2 Å². The van der Waals surface area contributed by atoms with Gasteiger partial charge in [-0.1, -0.05) is 0 Å². The number of hydrogen-bond acceptors (Lipinski definition) is 4. The minimum atomic E-state index is -0.0325. The highest BCUT2D eigenvalue weighted by Crippen LogP contribution is 2.23. The van der Waals surface area contributed by atoms with Crippen molar-refractivity contribution >= 4 is 11.6 Å². The number of nitrogens with zero attached hydrogens (tertiary/aromatic N) is 1. The highest BCUT2D eigenvalue weighted by Gasteiger charge is 2.28.